The zero-order valence-corrected chi connectivity index (χ0v) is 11.2. The molecular weight excluding hydrogens is 285 g/mol. The van der Waals surface area contributed by atoms with Gasteiger partial charge in [-0.2, -0.15) is 0 Å². The molecule has 2 rings (SSSR count). The Morgan fingerprint density at radius 3 is 2.94 bits per heavy atom. The molecular formula is C13H17BrFNO. The van der Waals surface area contributed by atoms with Crippen molar-refractivity contribution in [2.45, 2.75) is 31.8 Å². The summed E-state index contributed by atoms with van der Waals surface area (Å²) in [5, 5.41) is 12.7. The van der Waals surface area contributed by atoms with Crippen molar-refractivity contribution in [3.8, 4) is 0 Å². The van der Waals surface area contributed by atoms with Gasteiger partial charge in [0.25, 0.3) is 0 Å². The lowest BCUT2D eigenvalue weighted by molar-refractivity contribution is 0.205. The Bertz CT molecular complexity index is 386. The molecule has 1 saturated carbocycles. The molecule has 4 heteroatoms. The van der Waals surface area contributed by atoms with Gasteiger partial charge in [0.1, 0.15) is 5.82 Å². The first-order valence-electron chi connectivity index (χ1n) is 5.99. The summed E-state index contributed by atoms with van der Waals surface area (Å²) in [6, 6.07) is 5.45. The summed E-state index contributed by atoms with van der Waals surface area (Å²) in [7, 11) is 0. The second-order valence-electron chi connectivity index (χ2n) is 4.61. The van der Waals surface area contributed by atoms with Crippen LogP contribution in [0.15, 0.2) is 22.7 Å². The fraction of sp³-hybridized carbons (Fsp3) is 0.538. The van der Waals surface area contributed by atoms with E-state index in [2.05, 4.69) is 21.2 Å². The molecule has 94 valence electrons. The van der Waals surface area contributed by atoms with Crippen LogP contribution in [-0.2, 0) is 6.54 Å². The fourth-order valence-electron chi connectivity index (χ4n) is 2.42. The van der Waals surface area contributed by atoms with E-state index in [0.29, 0.717) is 16.4 Å². The summed E-state index contributed by atoms with van der Waals surface area (Å²) in [5.74, 6) is 0.141. The Morgan fingerprint density at radius 1 is 1.41 bits per heavy atom. The van der Waals surface area contributed by atoms with Gasteiger partial charge in [0.2, 0.25) is 0 Å². The zero-order valence-electron chi connectivity index (χ0n) is 9.63. The van der Waals surface area contributed by atoms with Crippen molar-refractivity contribution in [2.24, 2.45) is 5.92 Å². The summed E-state index contributed by atoms with van der Waals surface area (Å²) >= 11 is 3.18. The molecule has 0 bridgehead atoms. The first kappa shape index (κ1) is 13.0. The van der Waals surface area contributed by atoms with E-state index in [-0.39, 0.29) is 12.4 Å². The SMILES string of the molecule is OCC1CCCC1NCc1ccc(F)c(Br)c1. The maximum Gasteiger partial charge on any atom is 0.137 e. The van der Waals surface area contributed by atoms with E-state index in [1.807, 2.05) is 0 Å². The van der Waals surface area contributed by atoms with E-state index >= 15 is 0 Å². The molecule has 0 aromatic heterocycles. The predicted molar refractivity (Wildman–Crippen MR) is 69.2 cm³/mol. The minimum Gasteiger partial charge on any atom is -0.396 e. The largest absolute Gasteiger partial charge is 0.396 e. The van der Waals surface area contributed by atoms with Crippen molar-refractivity contribution in [1.29, 1.82) is 0 Å². The number of halogens is 2. The van der Waals surface area contributed by atoms with Gasteiger partial charge in [0.15, 0.2) is 0 Å². The van der Waals surface area contributed by atoms with Crippen molar-refractivity contribution in [3.05, 3.63) is 34.1 Å². The number of hydrogen-bond donors (Lipinski definition) is 2. The summed E-state index contributed by atoms with van der Waals surface area (Å²) in [6.07, 6.45) is 3.39. The molecule has 2 atom stereocenters. The first-order valence-corrected chi connectivity index (χ1v) is 6.78. The van der Waals surface area contributed by atoms with Crippen LogP contribution in [0.5, 0.6) is 0 Å². The molecule has 1 fully saturated rings. The molecule has 0 aliphatic heterocycles. The van der Waals surface area contributed by atoms with E-state index in [9.17, 15) is 9.50 Å². The molecule has 17 heavy (non-hydrogen) atoms. The Labute approximate surface area is 109 Å². The molecule has 1 aromatic rings. The Balaban J connectivity index is 1.91. The van der Waals surface area contributed by atoms with E-state index in [1.165, 1.54) is 12.5 Å². The highest BCUT2D eigenvalue weighted by Crippen LogP contribution is 2.25. The average molecular weight is 302 g/mol. The third kappa shape index (κ3) is 3.27. The van der Waals surface area contributed by atoms with Crippen LogP contribution < -0.4 is 5.32 Å². The lowest BCUT2D eigenvalue weighted by atomic mass is 10.0. The molecule has 1 aliphatic carbocycles. The minimum absolute atomic E-state index is 0.233. The molecule has 2 nitrogen and oxygen atoms in total. The van der Waals surface area contributed by atoms with Crippen LogP contribution >= 0.6 is 15.9 Å². The van der Waals surface area contributed by atoms with Crippen molar-refractivity contribution >= 4 is 15.9 Å². The van der Waals surface area contributed by atoms with Crippen LogP contribution in [0.1, 0.15) is 24.8 Å². The van der Waals surface area contributed by atoms with E-state index in [1.54, 1.807) is 12.1 Å². The highest BCUT2D eigenvalue weighted by atomic mass is 79.9. The number of hydrogen-bond acceptors (Lipinski definition) is 2. The van der Waals surface area contributed by atoms with Crippen LogP contribution in [0.25, 0.3) is 0 Å². The maximum absolute atomic E-state index is 13.1. The number of aliphatic hydroxyl groups is 1. The quantitative estimate of drug-likeness (QED) is 0.896. The van der Waals surface area contributed by atoms with Gasteiger partial charge >= 0.3 is 0 Å². The van der Waals surface area contributed by atoms with Crippen LogP contribution in [-0.4, -0.2) is 17.8 Å². The van der Waals surface area contributed by atoms with Gasteiger partial charge in [-0.15, -0.1) is 0 Å². The molecule has 1 aromatic carbocycles. The summed E-state index contributed by atoms with van der Waals surface area (Å²) in [4.78, 5) is 0. The predicted octanol–water partition coefficient (Wildman–Crippen LogP) is 2.84. The smallest absolute Gasteiger partial charge is 0.137 e. The molecule has 0 radical (unpaired) electrons. The van der Waals surface area contributed by atoms with Crippen molar-refractivity contribution in [2.75, 3.05) is 6.61 Å². The first-order chi connectivity index (χ1) is 8.20. The van der Waals surface area contributed by atoms with Gasteiger partial charge in [0, 0.05) is 19.2 Å². The molecule has 1 aliphatic rings. The lowest BCUT2D eigenvalue weighted by Crippen LogP contribution is -2.33. The number of nitrogens with one attached hydrogen (secondary N) is 1. The second-order valence-corrected chi connectivity index (χ2v) is 5.46. The summed E-state index contributed by atoms with van der Waals surface area (Å²) in [6.45, 7) is 0.977. The molecule has 0 spiro atoms. The van der Waals surface area contributed by atoms with Crippen molar-refractivity contribution < 1.29 is 9.50 Å². The van der Waals surface area contributed by atoms with E-state index in [4.69, 9.17) is 0 Å². The van der Waals surface area contributed by atoms with E-state index in [0.717, 1.165) is 24.9 Å². The Morgan fingerprint density at radius 2 is 2.24 bits per heavy atom. The molecule has 0 saturated heterocycles. The summed E-state index contributed by atoms with van der Waals surface area (Å²) < 4.78 is 13.6. The molecule has 0 amide bonds. The normalized spacial score (nSPS) is 24.2. The van der Waals surface area contributed by atoms with E-state index < -0.39 is 0 Å². The fourth-order valence-corrected chi connectivity index (χ4v) is 2.85. The lowest BCUT2D eigenvalue weighted by Gasteiger charge is -2.19. The third-order valence-electron chi connectivity index (χ3n) is 3.45. The van der Waals surface area contributed by atoms with Crippen LogP contribution in [0.2, 0.25) is 0 Å². The standard InChI is InChI=1S/C13H17BrFNO/c14-11-6-9(4-5-12(11)15)7-16-13-3-1-2-10(13)8-17/h4-6,10,13,16-17H,1-3,7-8H2. The average Bonchev–Trinajstić information content (AvgIpc) is 2.78. The van der Waals surface area contributed by atoms with Crippen LogP contribution in [0.4, 0.5) is 4.39 Å². The van der Waals surface area contributed by atoms with Crippen LogP contribution in [0, 0.1) is 11.7 Å². The molecule has 2 unspecified atom stereocenters. The summed E-state index contributed by atoms with van der Waals surface area (Å²) in [5.41, 5.74) is 1.06. The Hall–Kier alpha value is -0.450. The van der Waals surface area contributed by atoms with Gasteiger partial charge in [-0.1, -0.05) is 12.5 Å². The zero-order chi connectivity index (χ0) is 12.3. The topological polar surface area (TPSA) is 32.3 Å². The van der Waals surface area contributed by atoms with Gasteiger partial charge < -0.3 is 10.4 Å². The minimum atomic E-state index is -0.233. The third-order valence-corrected chi connectivity index (χ3v) is 4.05. The number of benzene rings is 1. The second kappa shape index (κ2) is 5.94. The Kier molecular flexibility index (Phi) is 4.54. The highest BCUT2D eigenvalue weighted by Gasteiger charge is 2.25. The van der Waals surface area contributed by atoms with Gasteiger partial charge in [-0.05, 0) is 52.4 Å². The van der Waals surface area contributed by atoms with Gasteiger partial charge in [0.05, 0.1) is 4.47 Å². The number of aliphatic hydroxyl groups excluding tert-OH is 1. The number of rotatable bonds is 4. The monoisotopic (exact) mass is 301 g/mol. The molecule has 2 N–H and O–H groups in total. The van der Waals surface area contributed by atoms with Crippen molar-refractivity contribution in [1.82, 2.24) is 5.32 Å². The molecule has 0 heterocycles. The maximum atomic E-state index is 13.1. The van der Waals surface area contributed by atoms with Crippen LogP contribution in [0.3, 0.4) is 0 Å². The van der Waals surface area contributed by atoms with Crippen molar-refractivity contribution in [3.63, 3.8) is 0 Å². The highest BCUT2D eigenvalue weighted by molar-refractivity contribution is 9.10. The van der Waals surface area contributed by atoms with Gasteiger partial charge in [-0.25, -0.2) is 4.39 Å². The van der Waals surface area contributed by atoms with Gasteiger partial charge in [-0.3, -0.25) is 0 Å².